The first-order chi connectivity index (χ1) is 19.8. The Labute approximate surface area is 243 Å². The maximum absolute atomic E-state index is 13.2. The molecule has 3 aromatic carbocycles. The van der Waals surface area contributed by atoms with Gasteiger partial charge in [-0.15, -0.1) is 0 Å². The van der Waals surface area contributed by atoms with Crippen LogP contribution in [0.2, 0.25) is 0 Å². The van der Waals surface area contributed by atoms with Crippen LogP contribution in [0.25, 0.3) is 6.08 Å². The highest BCUT2D eigenvalue weighted by Crippen LogP contribution is 2.29. The van der Waals surface area contributed by atoms with Crippen molar-refractivity contribution in [2.75, 3.05) is 26.9 Å². The van der Waals surface area contributed by atoms with Crippen molar-refractivity contribution in [2.45, 2.75) is 26.9 Å². The molecule has 1 aliphatic heterocycles. The zero-order chi connectivity index (χ0) is 29.4. The number of non-ortho nitro benzene ring substituents is 1. The van der Waals surface area contributed by atoms with Crippen molar-refractivity contribution in [1.29, 1.82) is 0 Å². The Morgan fingerprint density at radius 2 is 1.73 bits per heavy atom. The minimum Gasteiger partial charge on any atom is -0.496 e. The first kappa shape index (κ1) is 29.3. The zero-order valence-corrected chi connectivity index (χ0v) is 23.9. The van der Waals surface area contributed by atoms with Gasteiger partial charge in [-0.1, -0.05) is 18.2 Å². The summed E-state index contributed by atoms with van der Waals surface area (Å²) < 4.78 is 22.6. The van der Waals surface area contributed by atoms with Crippen molar-refractivity contribution in [1.82, 2.24) is 10.2 Å². The molecule has 0 unspecified atom stereocenters. The van der Waals surface area contributed by atoms with Gasteiger partial charge in [-0.05, 0) is 80.0 Å². The second kappa shape index (κ2) is 13.6. The van der Waals surface area contributed by atoms with Gasteiger partial charge in [-0.3, -0.25) is 19.8 Å². The molecule has 0 bridgehead atoms. The van der Waals surface area contributed by atoms with Gasteiger partial charge < -0.3 is 24.3 Å². The summed E-state index contributed by atoms with van der Waals surface area (Å²) in [6, 6.07) is 17.1. The number of hydrogen-bond donors (Lipinski definition) is 1. The molecular weight excluding hydrogens is 546 g/mol. The highest BCUT2D eigenvalue weighted by Gasteiger charge is 2.30. The molecule has 1 amide bonds. The van der Waals surface area contributed by atoms with Crippen molar-refractivity contribution in [2.24, 2.45) is 0 Å². The number of carbonyl (C=O) groups excluding carboxylic acids is 1. The summed E-state index contributed by atoms with van der Waals surface area (Å²) in [7, 11) is 1.55. The highest BCUT2D eigenvalue weighted by atomic mass is 32.1. The SMILES string of the molecule is CCOc1ccc(CCN2C(=O)/C(=C\c3ccc(OC)c(COc4cccc([N+](=O)[O-])c4)c3)NC2=S)cc1OCC. The van der Waals surface area contributed by atoms with Crippen LogP contribution in [0.15, 0.2) is 66.4 Å². The average Bonchev–Trinajstić information content (AvgIpc) is 3.23. The molecule has 11 heteroatoms. The number of nitro groups is 1. The first-order valence-corrected chi connectivity index (χ1v) is 13.5. The van der Waals surface area contributed by atoms with Crippen molar-refractivity contribution >= 4 is 35.0 Å². The van der Waals surface area contributed by atoms with E-state index in [0.29, 0.717) is 65.6 Å². The summed E-state index contributed by atoms with van der Waals surface area (Å²) in [5.74, 6) is 2.08. The van der Waals surface area contributed by atoms with Crippen molar-refractivity contribution in [3.05, 3.63) is 93.2 Å². The summed E-state index contributed by atoms with van der Waals surface area (Å²) in [6.07, 6.45) is 2.30. The minimum absolute atomic E-state index is 0.0588. The fourth-order valence-electron chi connectivity index (χ4n) is 4.28. The van der Waals surface area contributed by atoms with Crippen LogP contribution in [-0.4, -0.2) is 47.7 Å². The Morgan fingerprint density at radius 1 is 0.976 bits per heavy atom. The Bertz CT molecular complexity index is 1470. The Balaban J connectivity index is 1.45. The highest BCUT2D eigenvalue weighted by molar-refractivity contribution is 7.80. The maximum atomic E-state index is 13.2. The maximum Gasteiger partial charge on any atom is 0.276 e. The molecule has 214 valence electrons. The summed E-state index contributed by atoms with van der Waals surface area (Å²) in [5.41, 5.74) is 2.73. The first-order valence-electron chi connectivity index (χ1n) is 13.1. The summed E-state index contributed by atoms with van der Waals surface area (Å²) in [6.45, 7) is 5.40. The molecule has 0 atom stereocenters. The zero-order valence-electron chi connectivity index (χ0n) is 23.0. The molecule has 1 fully saturated rings. The minimum atomic E-state index is -0.476. The fourth-order valence-corrected chi connectivity index (χ4v) is 4.57. The predicted octanol–water partition coefficient (Wildman–Crippen LogP) is 5.28. The van der Waals surface area contributed by atoms with Crippen LogP contribution in [0.5, 0.6) is 23.0 Å². The molecule has 0 saturated carbocycles. The molecule has 4 rings (SSSR count). The van der Waals surface area contributed by atoms with E-state index in [2.05, 4.69) is 5.32 Å². The van der Waals surface area contributed by atoms with Crippen LogP contribution < -0.4 is 24.3 Å². The van der Waals surface area contributed by atoms with Crippen molar-refractivity contribution in [3.8, 4) is 23.0 Å². The number of amides is 1. The molecule has 3 aromatic rings. The molecule has 1 heterocycles. The Hall–Kier alpha value is -4.64. The number of hydrogen-bond acceptors (Lipinski definition) is 8. The van der Waals surface area contributed by atoms with Gasteiger partial charge in [-0.25, -0.2) is 0 Å². The molecule has 0 radical (unpaired) electrons. The van der Waals surface area contributed by atoms with Gasteiger partial charge in [-0.2, -0.15) is 0 Å². The normalized spacial score (nSPS) is 13.7. The van der Waals surface area contributed by atoms with E-state index in [1.54, 1.807) is 31.4 Å². The number of nitrogens with one attached hydrogen (secondary N) is 1. The molecular formula is C30H31N3O7S. The lowest BCUT2D eigenvalue weighted by atomic mass is 10.1. The van der Waals surface area contributed by atoms with Crippen molar-refractivity contribution < 1.29 is 28.7 Å². The average molecular weight is 578 g/mol. The van der Waals surface area contributed by atoms with Crippen LogP contribution >= 0.6 is 12.2 Å². The molecule has 0 aromatic heterocycles. The molecule has 41 heavy (non-hydrogen) atoms. The number of rotatable bonds is 13. The number of benzene rings is 3. The fraction of sp³-hybridized carbons (Fsp3) is 0.267. The van der Waals surface area contributed by atoms with E-state index in [1.807, 2.05) is 44.2 Å². The number of thiocarbonyl (C=S) groups is 1. The number of nitrogens with zero attached hydrogens (tertiary/aromatic N) is 2. The van der Waals surface area contributed by atoms with Crippen molar-refractivity contribution in [3.63, 3.8) is 0 Å². The van der Waals surface area contributed by atoms with Gasteiger partial charge in [0.25, 0.3) is 11.6 Å². The lowest BCUT2D eigenvalue weighted by Crippen LogP contribution is -2.32. The Kier molecular flexibility index (Phi) is 9.75. The lowest BCUT2D eigenvalue weighted by molar-refractivity contribution is -0.384. The van der Waals surface area contributed by atoms with Gasteiger partial charge in [0, 0.05) is 18.2 Å². The predicted molar refractivity (Wildman–Crippen MR) is 158 cm³/mol. The number of ether oxygens (including phenoxy) is 4. The van der Waals surface area contributed by atoms with Crippen LogP contribution in [-0.2, 0) is 17.8 Å². The molecule has 0 aliphatic carbocycles. The molecule has 1 N–H and O–H groups in total. The van der Waals surface area contributed by atoms with Crippen LogP contribution in [0.3, 0.4) is 0 Å². The van der Waals surface area contributed by atoms with E-state index in [-0.39, 0.29) is 18.2 Å². The smallest absolute Gasteiger partial charge is 0.276 e. The number of nitro benzene ring substituents is 1. The summed E-state index contributed by atoms with van der Waals surface area (Å²) in [5, 5.41) is 14.4. The number of carbonyl (C=O) groups is 1. The van der Waals surface area contributed by atoms with Gasteiger partial charge >= 0.3 is 0 Å². The quantitative estimate of drug-likeness (QED) is 0.125. The van der Waals surface area contributed by atoms with E-state index < -0.39 is 4.92 Å². The van der Waals surface area contributed by atoms with Crippen LogP contribution in [0.1, 0.15) is 30.5 Å². The standard InChI is InChI=1S/C30H31N3O7S/c1-4-38-27-12-9-20(17-28(27)39-5-2)13-14-32-29(34)25(31-30(32)41)16-21-10-11-26(37-3)22(15-21)19-40-24-8-6-7-23(18-24)33(35)36/h6-12,15-18H,4-5,13-14,19H2,1-3H3,(H,31,41)/b25-16+. The van der Waals surface area contributed by atoms with E-state index >= 15 is 0 Å². The lowest BCUT2D eigenvalue weighted by Gasteiger charge is -2.16. The summed E-state index contributed by atoms with van der Waals surface area (Å²) in [4.78, 5) is 25.3. The second-order valence-electron chi connectivity index (χ2n) is 8.96. The molecule has 10 nitrogen and oxygen atoms in total. The topological polar surface area (TPSA) is 112 Å². The number of methoxy groups -OCH3 is 1. The molecule has 1 aliphatic rings. The van der Waals surface area contributed by atoms with Gasteiger partial charge in [0.2, 0.25) is 0 Å². The monoisotopic (exact) mass is 577 g/mol. The third kappa shape index (κ3) is 7.31. The van der Waals surface area contributed by atoms with Gasteiger partial charge in [0.1, 0.15) is 23.8 Å². The largest absolute Gasteiger partial charge is 0.496 e. The Morgan fingerprint density at radius 3 is 2.46 bits per heavy atom. The van der Waals surface area contributed by atoms with E-state index in [4.69, 9.17) is 31.2 Å². The van der Waals surface area contributed by atoms with E-state index in [1.165, 1.54) is 17.0 Å². The summed E-state index contributed by atoms with van der Waals surface area (Å²) >= 11 is 5.46. The molecule has 0 spiro atoms. The third-order valence-corrected chi connectivity index (χ3v) is 6.55. The molecule has 1 saturated heterocycles. The van der Waals surface area contributed by atoms with Crippen LogP contribution in [0.4, 0.5) is 5.69 Å². The second-order valence-corrected chi connectivity index (χ2v) is 9.34. The van der Waals surface area contributed by atoms with Gasteiger partial charge in [0.05, 0.1) is 31.3 Å². The van der Waals surface area contributed by atoms with Gasteiger partial charge in [0.15, 0.2) is 16.6 Å². The van der Waals surface area contributed by atoms with E-state index in [9.17, 15) is 14.9 Å². The third-order valence-electron chi connectivity index (χ3n) is 6.23. The van der Waals surface area contributed by atoms with Crippen LogP contribution in [0, 0.1) is 10.1 Å². The van der Waals surface area contributed by atoms with E-state index in [0.717, 1.165) is 11.1 Å².